The van der Waals surface area contributed by atoms with E-state index in [4.69, 9.17) is 5.11 Å². The molecule has 1 heteroatoms. The van der Waals surface area contributed by atoms with Crippen molar-refractivity contribution in [2.45, 2.75) is 40.0 Å². The Labute approximate surface area is 70.1 Å². The summed E-state index contributed by atoms with van der Waals surface area (Å²) < 4.78 is 0. The summed E-state index contributed by atoms with van der Waals surface area (Å²) in [6.45, 7) is 6.77. The van der Waals surface area contributed by atoms with Crippen molar-refractivity contribution < 1.29 is 5.11 Å². The quantitative estimate of drug-likeness (QED) is 0.604. The van der Waals surface area contributed by atoms with E-state index in [1.54, 1.807) is 0 Å². The maximum absolute atomic E-state index is 8.38. The first kappa shape index (κ1) is 10.5. The molecule has 0 aliphatic rings. The number of aliphatic hydroxyl groups is 1. The van der Waals surface area contributed by atoms with Gasteiger partial charge in [0.1, 0.15) is 0 Å². The SMILES string of the molecule is CC(C)CC(C)CCC=CO. The predicted molar refractivity (Wildman–Crippen MR) is 49.6 cm³/mol. The highest BCUT2D eigenvalue weighted by Crippen LogP contribution is 2.15. The molecule has 0 heterocycles. The van der Waals surface area contributed by atoms with E-state index >= 15 is 0 Å². The summed E-state index contributed by atoms with van der Waals surface area (Å²) in [6, 6.07) is 0. The van der Waals surface area contributed by atoms with Gasteiger partial charge in [0.05, 0.1) is 6.26 Å². The maximum Gasteiger partial charge on any atom is 0.0751 e. The molecule has 0 amide bonds. The highest BCUT2D eigenvalue weighted by atomic mass is 16.2. The minimum absolute atomic E-state index is 0.784. The summed E-state index contributed by atoms with van der Waals surface area (Å²) in [7, 11) is 0. The molecular weight excluding hydrogens is 136 g/mol. The summed E-state index contributed by atoms with van der Waals surface area (Å²) >= 11 is 0. The van der Waals surface area contributed by atoms with Crippen molar-refractivity contribution in [1.29, 1.82) is 0 Å². The topological polar surface area (TPSA) is 20.2 Å². The van der Waals surface area contributed by atoms with E-state index in [9.17, 15) is 0 Å². The Morgan fingerprint density at radius 2 is 1.91 bits per heavy atom. The lowest BCUT2D eigenvalue weighted by Gasteiger charge is -2.11. The first-order valence-electron chi connectivity index (χ1n) is 4.46. The summed E-state index contributed by atoms with van der Waals surface area (Å²) in [5, 5.41) is 8.38. The molecule has 0 bridgehead atoms. The van der Waals surface area contributed by atoms with Crippen molar-refractivity contribution in [3.05, 3.63) is 12.3 Å². The Morgan fingerprint density at radius 3 is 2.36 bits per heavy atom. The molecule has 1 unspecified atom stereocenters. The lowest BCUT2D eigenvalue weighted by atomic mass is 9.95. The molecule has 66 valence electrons. The molecule has 0 saturated heterocycles. The average Bonchev–Trinajstić information content (AvgIpc) is 1.86. The Balaban J connectivity index is 3.29. The first-order chi connectivity index (χ1) is 5.16. The van der Waals surface area contributed by atoms with Crippen molar-refractivity contribution in [2.24, 2.45) is 11.8 Å². The van der Waals surface area contributed by atoms with Gasteiger partial charge in [-0.1, -0.05) is 26.8 Å². The van der Waals surface area contributed by atoms with Crippen LogP contribution < -0.4 is 0 Å². The lowest BCUT2D eigenvalue weighted by Crippen LogP contribution is -1.99. The van der Waals surface area contributed by atoms with Gasteiger partial charge in [-0.15, -0.1) is 0 Å². The van der Waals surface area contributed by atoms with Crippen LogP contribution in [0.2, 0.25) is 0 Å². The molecule has 1 N–H and O–H groups in total. The molecule has 0 aromatic carbocycles. The van der Waals surface area contributed by atoms with Crippen molar-refractivity contribution in [1.82, 2.24) is 0 Å². The van der Waals surface area contributed by atoms with Crippen molar-refractivity contribution in [2.75, 3.05) is 0 Å². The predicted octanol–water partition coefficient (Wildman–Crippen LogP) is 3.52. The standard InChI is InChI=1S/C10H20O/c1-9(2)8-10(3)6-4-5-7-11/h5,7,9-11H,4,6,8H2,1-3H3. The fourth-order valence-electron chi connectivity index (χ4n) is 1.38. The zero-order valence-corrected chi connectivity index (χ0v) is 7.88. The van der Waals surface area contributed by atoms with Gasteiger partial charge in [0, 0.05) is 0 Å². The zero-order chi connectivity index (χ0) is 8.69. The number of hydrogen-bond acceptors (Lipinski definition) is 1. The molecule has 1 atom stereocenters. The van der Waals surface area contributed by atoms with E-state index in [2.05, 4.69) is 20.8 Å². The Hall–Kier alpha value is -0.460. The van der Waals surface area contributed by atoms with E-state index in [1.165, 1.54) is 12.8 Å². The number of hydrogen-bond donors (Lipinski definition) is 1. The summed E-state index contributed by atoms with van der Waals surface area (Å²) in [5.74, 6) is 1.58. The molecule has 0 aromatic rings. The van der Waals surface area contributed by atoms with Crippen molar-refractivity contribution in [3.63, 3.8) is 0 Å². The highest BCUT2D eigenvalue weighted by molar-refractivity contribution is 4.72. The third-order valence-corrected chi connectivity index (χ3v) is 1.81. The zero-order valence-electron chi connectivity index (χ0n) is 7.88. The molecule has 0 spiro atoms. The molecule has 0 radical (unpaired) electrons. The molecular formula is C10H20O. The van der Waals surface area contributed by atoms with Gasteiger partial charge in [-0.25, -0.2) is 0 Å². The van der Waals surface area contributed by atoms with Crippen LogP contribution in [-0.4, -0.2) is 5.11 Å². The van der Waals surface area contributed by atoms with Crippen LogP contribution >= 0.6 is 0 Å². The van der Waals surface area contributed by atoms with Gasteiger partial charge in [-0.3, -0.25) is 0 Å². The second-order valence-electron chi connectivity index (χ2n) is 3.70. The van der Waals surface area contributed by atoms with Gasteiger partial charge in [-0.2, -0.15) is 0 Å². The van der Waals surface area contributed by atoms with Gasteiger partial charge in [0.15, 0.2) is 0 Å². The van der Waals surface area contributed by atoms with E-state index < -0.39 is 0 Å². The van der Waals surface area contributed by atoms with Crippen LogP contribution in [0.15, 0.2) is 12.3 Å². The molecule has 0 aliphatic carbocycles. The average molecular weight is 156 g/mol. The van der Waals surface area contributed by atoms with Crippen LogP contribution in [-0.2, 0) is 0 Å². The lowest BCUT2D eigenvalue weighted by molar-refractivity contribution is 0.414. The van der Waals surface area contributed by atoms with Gasteiger partial charge < -0.3 is 5.11 Å². The molecule has 0 fully saturated rings. The normalized spacial score (nSPS) is 14.5. The minimum atomic E-state index is 0.784. The summed E-state index contributed by atoms with van der Waals surface area (Å²) in [4.78, 5) is 0. The molecule has 0 aromatic heterocycles. The molecule has 1 nitrogen and oxygen atoms in total. The van der Waals surface area contributed by atoms with Gasteiger partial charge >= 0.3 is 0 Å². The second kappa shape index (κ2) is 6.26. The third kappa shape index (κ3) is 7.44. The van der Waals surface area contributed by atoms with Crippen LogP contribution in [0.5, 0.6) is 0 Å². The van der Waals surface area contributed by atoms with E-state index in [1.807, 2.05) is 6.08 Å². The summed E-state index contributed by atoms with van der Waals surface area (Å²) in [5.41, 5.74) is 0. The van der Waals surface area contributed by atoms with Gasteiger partial charge in [-0.05, 0) is 31.1 Å². The highest BCUT2D eigenvalue weighted by Gasteiger charge is 2.02. The molecule has 0 saturated carbocycles. The largest absolute Gasteiger partial charge is 0.516 e. The third-order valence-electron chi connectivity index (χ3n) is 1.81. The van der Waals surface area contributed by atoms with Crippen LogP contribution in [0.1, 0.15) is 40.0 Å². The fourth-order valence-corrected chi connectivity index (χ4v) is 1.38. The molecule has 0 rings (SSSR count). The minimum Gasteiger partial charge on any atom is -0.516 e. The van der Waals surface area contributed by atoms with Crippen LogP contribution in [0.3, 0.4) is 0 Å². The Bertz CT molecular complexity index is 105. The first-order valence-corrected chi connectivity index (χ1v) is 4.46. The van der Waals surface area contributed by atoms with Crippen molar-refractivity contribution >= 4 is 0 Å². The van der Waals surface area contributed by atoms with Crippen LogP contribution in [0, 0.1) is 11.8 Å². The number of allylic oxidation sites excluding steroid dienone is 1. The number of aliphatic hydroxyl groups excluding tert-OH is 1. The fraction of sp³-hybridized carbons (Fsp3) is 0.800. The van der Waals surface area contributed by atoms with E-state index in [0.717, 1.165) is 24.5 Å². The van der Waals surface area contributed by atoms with Crippen LogP contribution in [0.4, 0.5) is 0 Å². The summed E-state index contributed by atoms with van der Waals surface area (Å²) in [6.07, 6.45) is 6.44. The Kier molecular flexibility index (Phi) is 6.00. The van der Waals surface area contributed by atoms with Gasteiger partial charge in [0.25, 0.3) is 0 Å². The monoisotopic (exact) mass is 156 g/mol. The van der Waals surface area contributed by atoms with Crippen LogP contribution in [0.25, 0.3) is 0 Å². The van der Waals surface area contributed by atoms with E-state index in [-0.39, 0.29) is 0 Å². The van der Waals surface area contributed by atoms with Gasteiger partial charge in [0.2, 0.25) is 0 Å². The number of rotatable bonds is 5. The Morgan fingerprint density at radius 1 is 1.27 bits per heavy atom. The molecule has 11 heavy (non-hydrogen) atoms. The van der Waals surface area contributed by atoms with E-state index in [0.29, 0.717) is 0 Å². The van der Waals surface area contributed by atoms with Crippen molar-refractivity contribution in [3.8, 4) is 0 Å². The second-order valence-corrected chi connectivity index (χ2v) is 3.70. The smallest absolute Gasteiger partial charge is 0.0751 e. The molecule has 0 aliphatic heterocycles. The maximum atomic E-state index is 8.38.